The van der Waals surface area contributed by atoms with Crippen molar-refractivity contribution >= 4 is 17.7 Å². The quantitative estimate of drug-likeness (QED) is 0.610. The van der Waals surface area contributed by atoms with Gasteiger partial charge in [0.15, 0.2) is 0 Å². The van der Waals surface area contributed by atoms with Crippen molar-refractivity contribution in [2.45, 2.75) is 31.6 Å². The van der Waals surface area contributed by atoms with Gasteiger partial charge in [-0.3, -0.25) is 9.89 Å². The number of carbonyl (C=O) groups is 1. The third-order valence-electron chi connectivity index (χ3n) is 3.06. The summed E-state index contributed by atoms with van der Waals surface area (Å²) in [6.45, 7) is 4.81. The highest BCUT2D eigenvalue weighted by Gasteiger charge is 2.09. The first-order valence-corrected chi connectivity index (χ1v) is 8.19. The summed E-state index contributed by atoms with van der Waals surface area (Å²) in [5.74, 6) is 0.735. The van der Waals surface area contributed by atoms with Gasteiger partial charge in [0.25, 0.3) is 5.91 Å². The van der Waals surface area contributed by atoms with Crippen LogP contribution in [0.15, 0.2) is 35.2 Å². The minimum atomic E-state index is -0.113. The molecule has 0 unspecified atom stereocenters. The summed E-state index contributed by atoms with van der Waals surface area (Å²) in [6.07, 6.45) is 1.96. The average molecular weight is 303 g/mol. The molecule has 0 bridgehead atoms. The van der Waals surface area contributed by atoms with Gasteiger partial charge in [-0.25, -0.2) is 0 Å². The molecule has 4 nitrogen and oxygen atoms in total. The van der Waals surface area contributed by atoms with E-state index in [9.17, 15) is 4.79 Å². The standard InChI is InChI=1S/C16H21N3OS/c1-3-4-13-11-15(19-18-13)16(20)17-9-10-21-14-7-5-12(2)6-8-14/h5-8,11H,3-4,9-10H2,1-2H3,(H,17,20)(H,18,19). The average Bonchev–Trinajstić information content (AvgIpc) is 2.94. The number of aromatic nitrogens is 2. The second kappa shape index (κ2) is 7.88. The fraction of sp³-hybridized carbons (Fsp3) is 0.375. The molecule has 0 aliphatic rings. The second-order valence-corrected chi connectivity index (χ2v) is 6.11. The van der Waals surface area contributed by atoms with Crippen LogP contribution in [0.5, 0.6) is 0 Å². The van der Waals surface area contributed by atoms with E-state index in [2.05, 4.69) is 53.6 Å². The van der Waals surface area contributed by atoms with Crippen molar-refractivity contribution in [1.29, 1.82) is 0 Å². The Hall–Kier alpha value is -1.75. The molecular formula is C16H21N3OS. The monoisotopic (exact) mass is 303 g/mol. The maximum absolute atomic E-state index is 11.9. The summed E-state index contributed by atoms with van der Waals surface area (Å²) in [5, 5.41) is 9.82. The van der Waals surface area contributed by atoms with Crippen LogP contribution in [-0.2, 0) is 6.42 Å². The van der Waals surface area contributed by atoms with Crippen molar-refractivity contribution in [3.8, 4) is 0 Å². The van der Waals surface area contributed by atoms with E-state index in [0.717, 1.165) is 24.3 Å². The number of hydrogen-bond donors (Lipinski definition) is 2. The van der Waals surface area contributed by atoms with Crippen molar-refractivity contribution < 1.29 is 4.79 Å². The Labute approximate surface area is 129 Å². The van der Waals surface area contributed by atoms with Crippen LogP contribution in [-0.4, -0.2) is 28.4 Å². The predicted octanol–water partition coefficient (Wildman–Crippen LogP) is 3.19. The van der Waals surface area contributed by atoms with Crippen LogP contribution in [0, 0.1) is 6.92 Å². The zero-order chi connectivity index (χ0) is 15.1. The van der Waals surface area contributed by atoms with E-state index in [-0.39, 0.29) is 5.91 Å². The maximum Gasteiger partial charge on any atom is 0.271 e. The van der Waals surface area contributed by atoms with E-state index in [1.807, 2.05) is 6.07 Å². The smallest absolute Gasteiger partial charge is 0.271 e. The number of hydrogen-bond acceptors (Lipinski definition) is 3. The van der Waals surface area contributed by atoms with Gasteiger partial charge in [-0.15, -0.1) is 11.8 Å². The molecule has 0 aliphatic carbocycles. The molecule has 0 saturated carbocycles. The Morgan fingerprint density at radius 2 is 2.10 bits per heavy atom. The summed E-state index contributed by atoms with van der Waals surface area (Å²) in [5.41, 5.74) is 2.74. The number of rotatable bonds is 7. The van der Waals surface area contributed by atoms with Gasteiger partial charge in [-0.1, -0.05) is 31.0 Å². The Bertz CT molecular complexity index is 577. The van der Waals surface area contributed by atoms with E-state index in [1.54, 1.807) is 11.8 Å². The molecule has 0 spiro atoms. The number of aromatic amines is 1. The lowest BCUT2D eigenvalue weighted by Gasteiger charge is -2.03. The zero-order valence-corrected chi connectivity index (χ0v) is 13.3. The van der Waals surface area contributed by atoms with Crippen molar-refractivity contribution in [2.75, 3.05) is 12.3 Å². The number of nitrogens with zero attached hydrogens (tertiary/aromatic N) is 1. The molecule has 1 aromatic heterocycles. The first-order chi connectivity index (χ1) is 10.2. The highest BCUT2D eigenvalue weighted by molar-refractivity contribution is 7.99. The Balaban J connectivity index is 1.72. The largest absolute Gasteiger partial charge is 0.350 e. The van der Waals surface area contributed by atoms with Gasteiger partial charge in [0.2, 0.25) is 0 Å². The summed E-state index contributed by atoms with van der Waals surface area (Å²) in [7, 11) is 0. The van der Waals surface area contributed by atoms with Crippen LogP contribution < -0.4 is 5.32 Å². The number of amides is 1. The summed E-state index contributed by atoms with van der Waals surface area (Å²) < 4.78 is 0. The fourth-order valence-corrected chi connectivity index (χ4v) is 2.70. The van der Waals surface area contributed by atoms with Gasteiger partial charge in [0.1, 0.15) is 5.69 Å². The lowest BCUT2D eigenvalue weighted by molar-refractivity contribution is 0.0951. The molecular weight excluding hydrogens is 282 g/mol. The molecule has 2 aromatic rings. The van der Waals surface area contributed by atoms with Crippen molar-refractivity contribution in [2.24, 2.45) is 0 Å². The Kier molecular flexibility index (Phi) is 5.87. The second-order valence-electron chi connectivity index (χ2n) is 4.95. The normalized spacial score (nSPS) is 10.6. The molecule has 1 amide bonds. The minimum Gasteiger partial charge on any atom is -0.350 e. The molecule has 0 aliphatic heterocycles. The number of nitrogens with one attached hydrogen (secondary N) is 2. The highest BCUT2D eigenvalue weighted by atomic mass is 32.2. The van der Waals surface area contributed by atoms with E-state index >= 15 is 0 Å². The molecule has 0 atom stereocenters. The van der Waals surface area contributed by atoms with Crippen LogP contribution in [0.3, 0.4) is 0 Å². The van der Waals surface area contributed by atoms with E-state index in [1.165, 1.54) is 10.5 Å². The van der Waals surface area contributed by atoms with Crippen molar-refractivity contribution in [3.63, 3.8) is 0 Å². The van der Waals surface area contributed by atoms with Crippen LogP contribution in [0.1, 0.15) is 35.1 Å². The molecule has 5 heteroatoms. The number of thioether (sulfide) groups is 1. The number of aryl methyl sites for hydroxylation is 2. The van der Waals surface area contributed by atoms with Gasteiger partial charge < -0.3 is 5.32 Å². The number of H-pyrrole nitrogens is 1. The first kappa shape index (κ1) is 15.6. The van der Waals surface area contributed by atoms with Gasteiger partial charge in [-0.2, -0.15) is 5.10 Å². The van der Waals surface area contributed by atoms with Gasteiger partial charge in [-0.05, 0) is 31.5 Å². The van der Waals surface area contributed by atoms with Crippen LogP contribution >= 0.6 is 11.8 Å². The van der Waals surface area contributed by atoms with Crippen LogP contribution in [0.4, 0.5) is 0 Å². The number of benzene rings is 1. The highest BCUT2D eigenvalue weighted by Crippen LogP contribution is 2.17. The van der Waals surface area contributed by atoms with E-state index in [4.69, 9.17) is 0 Å². The molecule has 0 radical (unpaired) electrons. The van der Waals surface area contributed by atoms with E-state index in [0.29, 0.717) is 12.2 Å². The topological polar surface area (TPSA) is 57.8 Å². The minimum absolute atomic E-state index is 0.113. The Morgan fingerprint density at radius 3 is 2.81 bits per heavy atom. The summed E-state index contributed by atoms with van der Waals surface area (Å²) in [6, 6.07) is 10.2. The molecule has 2 rings (SSSR count). The Morgan fingerprint density at radius 1 is 1.33 bits per heavy atom. The lowest BCUT2D eigenvalue weighted by atomic mass is 10.2. The maximum atomic E-state index is 11.9. The molecule has 1 heterocycles. The van der Waals surface area contributed by atoms with Crippen LogP contribution in [0.2, 0.25) is 0 Å². The van der Waals surface area contributed by atoms with Gasteiger partial charge in [0, 0.05) is 22.9 Å². The van der Waals surface area contributed by atoms with Crippen molar-refractivity contribution in [1.82, 2.24) is 15.5 Å². The SMILES string of the molecule is CCCc1cc(C(=O)NCCSc2ccc(C)cc2)n[nH]1. The van der Waals surface area contributed by atoms with Crippen molar-refractivity contribution in [3.05, 3.63) is 47.3 Å². The fourth-order valence-electron chi connectivity index (χ4n) is 1.93. The third kappa shape index (κ3) is 4.93. The molecule has 0 fully saturated rings. The first-order valence-electron chi connectivity index (χ1n) is 7.21. The zero-order valence-electron chi connectivity index (χ0n) is 12.5. The lowest BCUT2D eigenvalue weighted by Crippen LogP contribution is -2.26. The third-order valence-corrected chi connectivity index (χ3v) is 4.07. The van der Waals surface area contributed by atoms with Crippen LogP contribution in [0.25, 0.3) is 0 Å². The van der Waals surface area contributed by atoms with E-state index < -0.39 is 0 Å². The molecule has 112 valence electrons. The number of carbonyl (C=O) groups excluding carboxylic acids is 1. The summed E-state index contributed by atoms with van der Waals surface area (Å²) >= 11 is 1.74. The molecule has 2 N–H and O–H groups in total. The predicted molar refractivity (Wildman–Crippen MR) is 86.8 cm³/mol. The summed E-state index contributed by atoms with van der Waals surface area (Å²) in [4.78, 5) is 13.1. The molecule has 21 heavy (non-hydrogen) atoms. The molecule has 1 aromatic carbocycles. The van der Waals surface area contributed by atoms with Gasteiger partial charge in [0.05, 0.1) is 0 Å². The molecule has 0 saturated heterocycles. The van der Waals surface area contributed by atoms with Gasteiger partial charge >= 0.3 is 0 Å².